The lowest BCUT2D eigenvalue weighted by Gasteiger charge is -2.10. The second kappa shape index (κ2) is 6.67. The van der Waals surface area contributed by atoms with Gasteiger partial charge in [-0.3, -0.25) is 4.79 Å². The van der Waals surface area contributed by atoms with Gasteiger partial charge in [-0.25, -0.2) is 0 Å². The Labute approximate surface area is 147 Å². The monoisotopic (exact) mass is 351 g/mol. The Hall–Kier alpha value is -3.31. The largest absolute Gasteiger partial charge is 0.507 e. The van der Waals surface area contributed by atoms with E-state index in [9.17, 15) is 15.2 Å². The molecular formula is C17H13N5O2S. The molecule has 0 saturated heterocycles. The lowest BCUT2D eigenvalue weighted by molar-refractivity contribution is -0.114. The summed E-state index contributed by atoms with van der Waals surface area (Å²) < 4.78 is 4.11. The smallest absolute Gasteiger partial charge is 0.221 e. The number of nitrogens with one attached hydrogen (secondary N) is 1. The Balaban J connectivity index is 2.16. The maximum Gasteiger partial charge on any atom is 0.221 e. The molecule has 2 N–H and O–H groups in total. The summed E-state index contributed by atoms with van der Waals surface area (Å²) >= 11 is 1.19. The maximum absolute atomic E-state index is 11.4. The minimum absolute atomic E-state index is 0.0726. The number of carbonyl (C=O) groups excluding carboxylic acids is 1. The predicted octanol–water partition coefficient (Wildman–Crippen LogP) is 4.56. The van der Waals surface area contributed by atoms with Crippen LogP contribution in [-0.4, -0.2) is 15.4 Å². The Morgan fingerprint density at radius 2 is 2.12 bits per heavy atom. The minimum atomic E-state index is -0.236. The summed E-state index contributed by atoms with van der Waals surface area (Å²) in [5, 5.41) is 31.3. The van der Waals surface area contributed by atoms with Gasteiger partial charge < -0.3 is 10.4 Å². The van der Waals surface area contributed by atoms with E-state index in [4.69, 9.17) is 0 Å². The van der Waals surface area contributed by atoms with Crippen LogP contribution in [0, 0.1) is 18.3 Å². The fraction of sp³-hybridized carbons (Fsp3) is 0.118. The van der Waals surface area contributed by atoms with E-state index in [0.29, 0.717) is 27.7 Å². The molecule has 0 aliphatic heterocycles. The van der Waals surface area contributed by atoms with Crippen molar-refractivity contribution in [1.82, 2.24) is 4.37 Å². The highest BCUT2D eigenvalue weighted by molar-refractivity contribution is 7.06. The van der Waals surface area contributed by atoms with E-state index >= 15 is 0 Å². The average Bonchev–Trinajstić information content (AvgIpc) is 2.94. The Bertz CT molecular complexity index is 1050. The minimum Gasteiger partial charge on any atom is -0.507 e. The summed E-state index contributed by atoms with van der Waals surface area (Å²) in [4.78, 5) is 12.2. The number of carbonyl (C=O) groups is 1. The van der Waals surface area contributed by atoms with Crippen molar-refractivity contribution in [3.8, 4) is 11.8 Å². The van der Waals surface area contributed by atoms with Gasteiger partial charge in [-0.15, -0.1) is 10.2 Å². The van der Waals surface area contributed by atoms with Crippen molar-refractivity contribution in [2.24, 2.45) is 10.2 Å². The van der Waals surface area contributed by atoms with Gasteiger partial charge in [0.1, 0.15) is 17.4 Å². The van der Waals surface area contributed by atoms with Gasteiger partial charge in [0.2, 0.25) is 11.7 Å². The molecule has 25 heavy (non-hydrogen) atoms. The third-order valence-corrected chi connectivity index (χ3v) is 4.26. The molecule has 0 unspecified atom stereocenters. The lowest BCUT2D eigenvalue weighted by atomic mass is 10.1. The standard InChI is InChI=1S/C17H13N5O2S/c1-9-12(8-18)17(22-25-9)21-20-14-6-7-15(24)11-4-3-5-13(16(11)14)19-10(2)23/h3-7,24H,1-2H3,(H,19,23). The lowest BCUT2D eigenvalue weighted by Crippen LogP contribution is -2.06. The maximum atomic E-state index is 11.4. The van der Waals surface area contributed by atoms with Crippen molar-refractivity contribution in [2.75, 3.05) is 5.32 Å². The van der Waals surface area contributed by atoms with Crippen LogP contribution in [0.4, 0.5) is 17.2 Å². The molecule has 0 fully saturated rings. The zero-order valence-electron chi connectivity index (χ0n) is 13.4. The number of phenols is 1. The molecular weight excluding hydrogens is 338 g/mol. The molecule has 3 rings (SSSR count). The number of amides is 1. The molecule has 124 valence electrons. The highest BCUT2D eigenvalue weighted by Gasteiger charge is 2.12. The Kier molecular flexibility index (Phi) is 4.41. The first-order valence-corrected chi connectivity index (χ1v) is 8.09. The van der Waals surface area contributed by atoms with E-state index in [1.54, 1.807) is 31.2 Å². The van der Waals surface area contributed by atoms with Gasteiger partial charge in [0.05, 0.1) is 11.4 Å². The quantitative estimate of drug-likeness (QED) is 0.674. The van der Waals surface area contributed by atoms with Crippen LogP contribution in [0.1, 0.15) is 17.4 Å². The summed E-state index contributed by atoms with van der Waals surface area (Å²) in [7, 11) is 0. The van der Waals surface area contributed by atoms with Gasteiger partial charge in [0, 0.05) is 22.6 Å². The van der Waals surface area contributed by atoms with E-state index in [-0.39, 0.29) is 17.5 Å². The van der Waals surface area contributed by atoms with Crippen LogP contribution in [0.3, 0.4) is 0 Å². The van der Waals surface area contributed by atoms with E-state index in [1.165, 1.54) is 24.5 Å². The number of aromatic hydroxyl groups is 1. The van der Waals surface area contributed by atoms with Crippen LogP contribution in [-0.2, 0) is 4.79 Å². The second-order valence-corrected chi connectivity index (χ2v) is 6.24. The van der Waals surface area contributed by atoms with Crippen molar-refractivity contribution >= 4 is 45.4 Å². The van der Waals surface area contributed by atoms with Gasteiger partial charge in [-0.05, 0) is 36.7 Å². The van der Waals surface area contributed by atoms with Crippen LogP contribution in [0.5, 0.6) is 5.75 Å². The molecule has 3 aromatic rings. The van der Waals surface area contributed by atoms with Crippen LogP contribution >= 0.6 is 11.5 Å². The number of aryl methyl sites for hydroxylation is 1. The number of hydrogen-bond donors (Lipinski definition) is 2. The van der Waals surface area contributed by atoms with Crippen molar-refractivity contribution in [2.45, 2.75) is 13.8 Å². The van der Waals surface area contributed by atoms with E-state index in [1.807, 2.05) is 0 Å². The normalized spacial score (nSPS) is 10.9. The van der Waals surface area contributed by atoms with Gasteiger partial charge >= 0.3 is 0 Å². The first-order valence-electron chi connectivity index (χ1n) is 7.31. The zero-order chi connectivity index (χ0) is 18.0. The Morgan fingerprint density at radius 3 is 2.84 bits per heavy atom. The van der Waals surface area contributed by atoms with E-state index in [0.717, 1.165) is 4.88 Å². The highest BCUT2D eigenvalue weighted by Crippen LogP contribution is 2.38. The molecule has 0 radical (unpaired) electrons. The van der Waals surface area contributed by atoms with Gasteiger partial charge in [-0.1, -0.05) is 12.1 Å². The third kappa shape index (κ3) is 3.18. The fourth-order valence-corrected chi connectivity index (χ4v) is 2.99. The number of phenolic OH excluding ortho intramolecular Hbond substituents is 1. The Morgan fingerprint density at radius 1 is 1.32 bits per heavy atom. The molecule has 0 bridgehead atoms. The molecule has 1 amide bonds. The first-order chi connectivity index (χ1) is 12.0. The third-order valence-electron chi connectivity index (χ3n) is 3.52. The first kappa shape index (κ1) is 16.5. The number of nitriles is 1. The molecule has 7 nitrogen and oxygen atoms in total. The van der Waals surface area contributed by atoms with Gasteiger partial charge in [0.25, 0.3) is 0 Å². The molecule has 0 spiro atoms. The molecule has 1 heterocycles. The summed E-state index contributed by atoms with van der Waals surface area (Å²) in [5.41, 5.74) is 1.36. The summed E-state index contributed by atoms with van der Waals surface area (Å²) in [6.07, 6.45) is 0. The van der Waals surface area contributed by atoms with Crippen molar-refractivity contribution in [1.29, 1.82) is 5.26 Å². The number of aromatic nitrogens is 1. The molecule has 0 aliphatic carbocycles. The molecule has 1 aromatic heterocycles. The van der Waals surface area contributed by atoms with Crippen LogP contribution < -0.4 is 5.32 Å². The average molecular weight is 351 g/mol. The van der Waals surface area contributed by atoms with Crippen LogP contribution in [0.15, 0.2) is 40.6 Å². The number of hydrogen-bond acceptors (Lipinski definition) is 7. The number of nitrogens with zero attached hydrogens (tertiary/aromatic N) is 4. The molecule has 0 saturated carbocycles. The number of fused-ring (bicyclic) bond motifs is 1. The van der Waals surface area contributed by atoms with E-state index < -0.39 is 0 Å². The number of azo groups is 1. The van der Waals surface area contributed by atoms with Crippen molar-refractivity contribution in [3.63, 3.8) is 0 Å². The van der Waals surface area contributed by atoms with Crippen LogP contribution in [0.25, 0.3) is 10.8 Å². The topological polar surface area (TPSA) is 111 Å². The number of benzene rings is 2. The summed E-state index contributed by atoms with van der Waals surface area (Å²) in [5.74, 6) is 0.0900. The number of rotatable bonds is 3. The van der Waals surface area contributed by atoms with Crippen molar-refractivity contribution < 1.29 is 9.90 Å². The van der Waals surface area contributed by atoms with Gasteiger partial charge in [0.15, 0.2) is 0 Å². The molecule has 2 aromatic carbocycles. The summed E-state index contributed by atoms with van der Waals surface area (Å²) in [6, 6.07) is 10.3. The van der Waals surface area contributed by atoms with Gasteiger partial charge in [-0.2, -0.15) is 9.64 Å². The SMILES string of the molecule is CC(=O)Nc1cccc2c(O)ccc(N=Nc3nsc(C)c3C#N)c12. The summed E-state index contributed by atoms with van der Waals surface area (Å²) in [6.45, 7) is 3.19. The van der Waals surface area contributed by atoms with Crippen molar-refractivity contribution in [3.05, 3.63) is 40.8 Å². The zero-order valence-corrected chi connectivity index (χ0v) is 14.3. The molecule has 0 atom stereocenters. The number of anilines is 1. The predicted molar refractivity (Wildman–Crippen MR) is 95.7 cm³/mol. The highest BCUT2D eigenvalue weighted by atomic mass is 32.1. The molecule has 0 aliphatic rings. The fourth-order valence-electron chi connectivity index (χ4n) is 2.41. The molecule has 8 heteroatoms. The second-order valence-electron chi connectivity index (χ2n) is 5.26. The van der Waals surface area contributed by atoms with E-state index in [2.05, 4.69) is 26.0 Å². The van der Waals surface area contributed by atoms with Crippen LogP contribution in [0.2, 0.25) is 0 Å².